The van der Waals surface area contributed by atoms with Crippen LogP contribution in [0.5, 0.6) is 5.75 Å². The van der Waals surface area contributed by atoms with Gasteiger partial charge in [0.15, 0.2) is 0 Å². The molecule has 96 valence electrons. The molecule has 5 heteroatoms. The number of halogens is 2. The second-order valence-corrected chi connectivity index (χ2v) is 5.24. The number of methoxy groups -OCH3 is 1. The van der Waals surface area contributed by atoms with Gasteiger partial charge in [0.05, 0.1) is 10.8 Å². The van der Waals surface area contributed by atoms with Crippen molar-refractivity contribution in [3.05, 3.63) is 46.0 Å². The predicted octanol–water partition coefficient (Wildman–Crippen LogP) is 3.98. The van der Waals surface area contributed by atoms with Gasteiger partial charge in [0, 0.05) is 23.2 Å². The van der Waals surface area contributed by atoms with Gasteiger partial charge in [-0.3, -0.25) is 0 Å². The van der Waals surface area contributed by atoms with E-state index in [4.69, 9.17) is 4.74 Å². The lowest BCUT2D eigenvalue weighted by molar-refractivity contribution is 0.413. The molecule has 2 heterocycles. The van der Waals surface area contributed by atoms with Crippen LogP contribution < -0.4 is 4.74 Å². The maximum atomic E-state index is 13.3. The Bertz CT molecular complexity index is 754. The molecule has 0 fully saturated rings. The summed E-state index contributed by atoms with van der Waals surface area (Å²) in [6.45, 7) is 0. The van der Waals surface area contributed by atoms with E-state index < -0.39 is 0 Å². The fourth-order valence-electron chi connectivity index (χ4n) is 2.12. The largest absolute Gasteiger partial charge is 0.496 e. The number of aromatic amines is 1. The SMILES string of the molecule is COc1cc(F)ccc1-c1ccnc2[nH]c(I)cc12. The molecule has 3 aromatic rings. The first-order valence-electron chi connectivity index (χ1n) is 5.66. The van der Waals surface area contributed by atoms with Crippen LogP contribution in [0.4, 0.5) is 4.39 Å². The molecule has 0 bridgehead atoms. The van der Waals surface area contributed by atoms with E-state index in [0.29, 0.717) is 5.75 Å². The summed E-state index contributed by atoms with van der Waals surface area (Å²) in [7, 11) is 1.54. The number of aromatic nitrogens is 2. The van der Waals surface area contributed by atoms with Crippen LogP contribution in [0.2, 0.25) is 0 Å². The van der Waals surface area contributed by atoms with Crippen LogP contribution in [0, 0.1) is 9.52 Å². The Hall–Kier alpha value is -1.63. The number of hydrogen-bond acceptors (Lipinski definition) is 2. The highest BCUT2D eigenvalue weighted by Gasteiger charge is 2.12. The standard InChI is InChI=1S/C14H10FIN2O/c1-19-12-6-8(15)2-3-10(12)9-4-5-17-14-11(9)7-13(16)18-14/h2-7H,1H3,(H,17,18). The minimum absolute atomic E-state index is 0.311. The third-order valence-electron chi connectivity index (χ3n) is 2.95. The molecule has 3 rings (SSSR count). The number of rotatable bonds is 2. The topological polar surface area (TPSA) is 37.9 Å². The minimum atomic E-state index is -0.311. The summed E-state index contributed by atoms with van der Waals surface area (Å²) in [5, 5.41) is 0.997. The molecule has 19 heavy (non-hydrogen) atoms. The molecule has 0 unspecified atom stereocenters. The molecule has 1 N–H and O–H groups in total. The molecule has 0 saturated carbocycles. The molecule has 0 aliphatic heterocycles. The Morgan fingerprint density at radius 1 is 1.21 bits per heavy atom. The van der Waals surface area contributed by atoms with E-state index in [-0.39, 0.29) is 5.82 Å². The number of ether oxygens (including phenoxy) is 1. The third kappa shape index (κ3) is 2.18. The summed E-state index contributed by atoms with van der Waals surface area (Å²) >= 11 is 2.21. The molecular formula is C14H10FIN2O. The van der Waals surface area contributed by atoms with Gasteiger partial charge in [-0.1, -0.05) is 0 Å². The molecule has 2 aromatic heterocycles. The average Bonchev–Trinajstić information content (AvgIpc) is 2.78. The summed E-state index contributed by atoms with van der Waals surface area (Å²) in [6.07, 6.45) is 1.73. The van der Waals surface area contributed by atoms with Gasteiger partial charge in [0.1, 0.15) is 17.2 Å². The highest BCUT2D eigenvalue weighted by Crippen LogP contribution is 2.35. The van der Waals surface area contributed by atoms with Gasteiger partial charge >= 0.3 is 0 Å². The van der Waals surface area contributed by atoms with E-state index in [0.717, 1.165) is 25.9 Å². The van der Waals surface area contributed by atoms with E-state index in [1.165, 1.54) is 19.2 Å². The monoisotopic (exact) mass is 368 g/mol. The minimum Gasteiger partial charge on any atom is -0.496 e. The lowest BCUT2D eigenvalue weighted by Crippen LogP contribution is -1.90. The third-order valence-corrected chi connectivity index (χ3v) is 3.53. The van der Waals surface area contributed by atoms with Crippen molar-refractivity contribution in [3.8, 4) is 16.9 Å². The molecule has 0 spiro atoms. The summed E-state index contributed by atoms with van der Waals surface area (Å²) < 4.78 is 19.5. The van der Waals surface area contributed by atoms with Gasteiger partial charge in [0.25, 0.3) is 0 Å². The highest BCUT2D eigenvalue weighted by atomic mass is 127. The predicted molar refractivity (Wildman–Crippen MR) is 80.8 cm³/mol. The summed E-state index contributed by atoms with van der Waals surface area (Å²) in [5.74, 6) is 0.207. The van der Waals surface area contributed by atoms with E-state index in [1.54, 1.807) is 12.3 Å². The van der Waals surface area contributed by atoms with Crippen LogP contribution in [0.25, 0.3) is 22.2 Å². The molecule has 0 aliphatic rings. The van der Waals surface area contributed by atoms with Gasteiger partial charge in [0.2, 0.25) is 0 Å². The smallest absolute Gasteiger partial charge is 0.138 e. The number of nitrogens with zero attached hydrogens (tertiary/aromatic N) is 1. The first-order chi connectivity index (χ1) is 9.19. The second-order valence-electron chi connectivity index (χ2n) is 4.08. The summed E-state index contributed by atoms with van der Waals surface area (Å²) in [5.41, 5.74) is 2.64. The fourth-order valence-corrected chi connectivity index (χ4v) is 2.68. The van der Waals surface area contributed by atoms with E-state index >= 15 is 0 Å². The zero-order valence-electron chi connectivity index (χ0n) is 10.1. The second kappa shape index (κ2) is 4.80. The number of fused-ring (bicyclic) bond motifs is 1. The molecular weight excluding hydrogens is 358 g/mol. The zero-order chi connectivity index (χ0) is 13.4. The van der Waals surface area contributed by atoms with Crippen LogP contribution in [0.3, 0.4) is 0 Å². The first kappa shape index (κ1) is 12.4. The van der Waals surface area contributed by atoms with Crippen molar-refractivity contribution < 1.29 is 9.13 Å². The lowest BCUT2D eigenvalue weighted by atomic mass is 10.0. The maximum Gasteiger partial charge on any atom is 0.138 e. The Kier molecular flexibility index (Phi) is 3.14. The van der Waals surface area contributed by atoms with Gasteiger partial charge in [-0.05, 0) is 52.4 Å². The maximum absolute atomic E-state index is 13.3. The Morgan fingerprint density at radius 2 is 2.05 bits per heavy atom. The molecule has 0 atom stereocenters. The first-order valence-corrected chi connectivity index (χ1v) is 6.74. The van der Waals surface area contributed by atoms with Gasteiger partial charge < -0.3 is 9.72 Å². The molecule has 0 amide bonds. The van der Waals surface area contributed by atoms with Crippen molar-refractivity contribution in [2.24, 2.45) is 0 Å². The molecule has 1 aromatic carbocycles. The summed E-state index contributed by atoms with van der Waals surface area (Å²) in [6, 6.07) is 8.47. The van der Waals surface area contributed by atoms with Crippen molar-refractivity contribution >= 4 is 33.6 Å². The highest BCUT2D eigenvalue weighted by molar-refractivity contribution is 14.1. The number of nitrogens with one attached hydrogen (secondary N) is 1. The molecule has 0 radical (unpaired) electrons. The summed E-state index contributed by atoms with van der Waals surface area (Å²) in [4.78, 5) is 7.46. The molecule has 0 saturated heterocycles. The van der Waals surface area contributed by atoms with Gasteiger partial charge in [-0.15, -0.1) is 0 Å². The zero-order valence-corrected chi connectivity index (χ0v) is 12.2. The quantitative estimate of drug-likeness (QED) is 0.695. The van der Waals surface area contributed by atoms with Crippen LogP contribution in [-0.2, 0) is 0 Å². The number of H-pyrrole nitrogens is 1. The Balaban J connectivity index is 2.29. The van der Waals surface area contributed by atoms with Crippen molar-refractivity contribution in [1.82, 2.24) is 9.97 Å². The van der Waals surface area contributed by atoms with Crippen LogP contribution in [0.1, 0.15) is 0 Å². The Labute approximate surface area is 123 Å². The Morgan fingerprint density at radius 3 is 2.84 bits per heavy atom. The lowest BCUT2D eigenvalue weighted by Gasteiger charge is -2.09. The number of benzene rings is 1. The van der Waals surface area contributed by atoms with Crippen molar-refractivity contribution in [2.75, 3.05) is 7.11 Å². The van der Waals surface area contributed by atoms with Crippen molar-refractivity contribution in [3.63, 3.8) is 0 Å². The van der Waals surface area contributed by atoms with E-state index in [9.17, 15) is 4.39 Å². The number of hydrogen-bond donors (Lipinski definition) is 1. The van der Waals surface area contributed by atoms with E-state index in [2.05, 4.69) is 32.6 Å². The number of pyridine rings is 1. The van der Waals surface area contributed by atoms with Crippen LogP contribution in [0.15, 0.2) is 36.5 Å². The van der Waals surface area contributed by atoms with Gasteiger partial charge in [-0.25, -0.2) is 9.37 Å². The van der Waals surface area contributed by atoms with Crippen molar-refractivity contribution in [1.29, 1.82) is 0 Å². The van der Waals surface area contributed by atoms with Crippen LogP contribution >= 0.6 is 22.6 Å². The normalized spacial score (nSPS) is 10.9. The van der Waals surface area contributed by atoms with Crippen molar-refractivity contribution in [2.45, 2.75) is 0 Å². The average molecular weight is 368 g/mol. The molecule has 0 aliphatic carbocycles. The van der Waals surface area contributed by atoms with E-state index in [1.807, 2.05) is 12.1 Å². The fraction of sp³-hybridized carbons (Fsp3) is 0.0714. The molecule has 3 nitrogen and oxygen atoms in total. The van der Waals surface area contributed by atoms with Crippen LogP contribution in [-0.4, -0.2) is 17.1 Å². The van der Waals surface area contributed by atoms with Gasteiger partial charge in [-0.2, -0.15) is 0 Å².